The molecule has 0 amide bonds. The highest BCUT2D eigenvalue weighted by Crippen LogP contribution is 2.62. The quantitative estimate of drug-likeness (QED) is 0.165. The minimum absolute atomic E-state index is 0.0202. The Balaban J connectivity index is 1.65. The summed E-state index contributed by atoms with van der Waals surface area (Å²) < 4.78 is 118. The molecule has 1 aromatic heterocycles. The molecule has 4 atom stereocenters. The standard InChI is InChI=1S/C24H22F5N2O10PS/c1-36-13-3-7-15(8-4-13)40-42(35,43-41-16-9-5-14(37-2)6-10-16)38-12-23(21(26)27)24(28,29)18(32)20(39-23)31-11-17(25)19(33)30-22(31)34/h3-11,18,20-21,32H,12H2,1-2H3,(H,30,33,34)/t18-,20+,23-,42?/m0/s1. The van der Waals surface area contributed by atoms with Gasteiger partial charge in [-0.1, -0.05) is 0 Å². The normalized spacial score (nSPS) is 22.6. The van der Waals surface area contributed by atoms with Crippen LogP contribution in [-0.2, 0) is 13.8 Å². The van der Waals surface area contributed by atoms with Crippen molar-refractivity contribution in [2.24, 2.45) is 0 Å². The predicted octanol–water partition coefficient (Wildman–Crippen LogP) is 4.15. The molecule has 0 bridgehead atoms. The van der Waals surface area contributed by atoms with E-state index in [-0.39, 0.29) is 33.9 Å². The second-order valence-corrected chi connectivity index (χ2v) is 12.2. The summed E-state index contributed by atoms with van der Waals surface area (Å²) in [5.74, 6) is -5.89. The van der Waals surface area contributed by atoms with Crippen molar-refractivity contribution in [3.8, 4) is 23.0 Å². The van der Waals surface area contributed by atoms with Crippen LogP contribution in [0.1, 0.15) is 6.23 Å². The van der Waals surface area contributed by atoms with Gasteiger partial charge in [0.1, 0.15) is 23.0 Å². The molecule has 0 aliphatic carbocycles. The number of hydrogen-bond donors (Lipinski definition) is 2. The van der Waals surface area contributed by atoms with Gasteiger partial charge in [-0.2, -0.15) is 13.2 Å². The number of ether oxygens (including phenoxy) is 3. The van der Waals surface area contributed by atoms with Crippen LogP contribution in [-0.4, -0.2) is 59.5 Å². The van der Waals surface area contributed by atoms with Crippen LogP contribution in [0.25, 0.3) is 0 Å². The SMILES string of the molecule is COc1ccc(OSP(=O)(OC[C@@]2(C(F)F)O[C@@H](n3cc(F)c(=O)[nH]c3=O)[C@H](O)C2(F)F)Oc2ccc(OC)cc2)cc1. The minimum Gasteiger partial charge on any atom is -0.497 e. The topological polar surface area (TPSA) is 148 Å². The lowest BCUT2D eigenvalue weighted by Gasteiger charge is -2.33. The molecule has 2 heterocycles. The van der Waals surface area contributed by atoms with E-state index in [1.165, 1.54) is 67.7 Å². The summed E-state index contributed by atoms with van der Waals surface area (Å²) in [6, 6.07) is 11.0. The summed E-state index contributed by atoms with van der Waals surface area (Å²) in [7, 11) is 2.77. The molecule has 4 rings (SSSR count). The zero-order valence-corrected chi connectivity index (χ0v) is 23.7. The second-order valence-electron chi connectivity index (χ2n) is 8.73. The number of nitrogens with zero attached hydrogens (tertiary/aromatic N) is 1. The molecular weight excluding hydrogens is 634 g/mol. The smallest absolute Gasteiger partial charge is 0.478 e. The summed E-state index contributed by atoms with van der Waals surface area (Å²) in [6.07, 6.45) is -9.86. The average Bonchev–Trinajstić information content (AvgIpc) is 3.19. The molecule has 1 aliphatic heterocycles. The fourth-order valence-electron chi connectivity index (χ4n) is 3.76. The third-order valence-electron chi connectivity index (χ3n) is 6.09. The number of aromatic amines is 1. The Hall–Kier alpha value is -3.57. The van der Waals surface area contributed by atoms with Crippen molar-refractivity contribution >= 4 is 18.5 Å². The van der Waals surface area contributed by atoms with Crippen molar-refractivity contribution in [2.45, 2.75) is 30.3 Å². The van der Waals surface area contributed by atoms with Gasteiger partial charge in [-0.25, -0.2) is 18.1 Å². The number of halogens is 5. The number of aliphatic hydroxyl groups is 1. The van der Waals surface area contributed by atoms with Gasteiger partial charge >= 0.3 is 18.4 Å². The van der Waals surface area contributed by atoms with E-state index in [2.05, 4.69) is 0 Å². The molecule has 1 fully saturated rings. The van der Waals surface area contributed by atoms with E-state index in [0.29, 0.717) is 11.5 Å². The van der Waals surface area contributed by atoms with Crippen LogP contribution in [0.5, 0.6) is 23.0 Å². The van der Waals surface area contributed by atoms with Crippen LogP contribution in [0, 0.1) is 5.82 Å². The van der Waals surface area contributed by atoms with Crippen LogP contribution < -0.4 is 29.4 Å². The highest BCUT2D eigenvalue weighted by molar-refractivity contribution is 8.52. The molecule has 1 unspecified atom stereocenters. The molecule has 0 spiro atoms. The summed E-state index contributed by atoms with van der Waals surface area (Å²) in [5, 5.41) is 10.3. The van der Waals surface area contributed by atoms with E-state index < -0.39 is 60.8 Å². The van der Waals surface area contributed by atoms with E-state index in [9.17, 15) is 32.4 Å². The summed E-state index contributed by atoms with van der Waals surface area (Å²) in [4.78, 5) is 24.9. The molecular formula is C24H22F5N2O10PS. The number of hydrogen-bond acceptors (Lipinski definition) is 11. The zero-order valence-electron chi connectivity index (χ0n) is 21.9. The second kappa shape index (κ2) is 12.6. The number of nitrogens with one attached hydrogen (secondary N) is 1. The number of benzene rings is 2. The summed E-state index contributed by atoms with van der Waals surface area (Å²) in [5.41, 5.74) is -7.13. The number of alkyl halides is 4. The third-order valence-corrected chi connectivity index (χ3v) is 8.73. The molecule has 234 valence electrons. The largest absolute Gasteiger partial charge is 0.497 e. The van der Waals surface area contributed by atoms with E-state index in [4.69, 9.17) is 27.4 Å². The Morgan fingerprint density at radius 3 is 2.09 bits per heavy atom. The van der Waals surface area contributed by atoms with Gasteiger partial charge in [-0.05, 0) is 48.5 Å². The van der Waals surface area contributed by atoms with E-state index >= 15 is 8.78 Å². The molecule has 2 N–H and O–H groups in total. The maximum Gasteiger partial charge on any atom is 0.478 e. The molecule has 12 nitrogen and oxygen atoms in total. The Kier molecular flexibility index (Phi) is 9.46. The highest BCUT2D eigenvalue weighted by atomic mass is 32.7. The Morgan fingerprint density at radius 1 is 1.02 bits per heavy atom. The van der Waals surface area contributed by atoms with Crippen LogP contribution in [0.4, 0.5) is 22.0 Å². The molecule has 1 aliphatic rings. The summed E-state index contributed by atoms with van der Waals surface area (Å²) >= 11 is -0.0202. The van der Waals surface area contributed by atoms with Gasteiger partial charge in [0.25, 0.3) is 12.0 Å². The molecule has 0 radical (unpaired) electrons. The Labute approximate surface area is 242 Å². The van der Waals surface area contributed by atoms with Gasteiger partial charge in [0.15, 0.2) is 24.0 Å². The number of rotatable bonds is 12. The van der Waals surface area contributed by atoms with Crippen molar-refractivity contribution < 1.29 is 59.1 Å². The highest BCUT2D eigenvalue weighted by Gasteiger charge is 2.74. The van der Waals surface area contributed by atoms with E-state index in [1.807, 2.05) is 0 Å². The zero-order chi connectivity index (χ0) is 31.6. The van der Waals surface area contributed by atoms with Gasteiger partial charge < -0.3 is 28.0 Å². The number of H-pyrrole nitrogens is 1. The van der Waals surface area contributed by atoms with Crippen molar-refractivity contribution in [2.75, 3.05) is 20.8 Å². The van der Waals surface area contributed by atoms with Crippen LogP contribution >= 0.6 is 18.5 Å². The first-order valence-electron chi connectivity index (χ1n) is 11.9. The number of aromatic nitrogens is 2. The minimum atomic E-state index is -4.90. The lowest BCUT2D eigenvalue weighted by Crippen LogP contribution is -2.57. The monoisotopic (exact) mass is 656 g/mol. The maximum atomic E-state index is 15.4. The predicted molar refractivity (Wildman–Crippen MR) is 139 cm³/mol. The molecule has 1 saturated heterocycles. The van der Waals surface area contributed by atoms with Crippen LogP contribution in [0.15, 0.2) is 64.3 Å². The maximum absolute atomic E-state index is 15.4. The van der Waals surface area contributed by atoms with Gasteiger partial charge in [0, 0.05) is 0 Å². The first-order valence-corrected chi connectivity index (χ1v) is 14.8. The first kappa shape index (κ1) is 32.3. The molecule has 3 aromatic rings. The van der Waals surface area contributed by atoms with Crippen molar-refractivity contribution in [3.63, 3.8) is 0 Å². The van der Waals surface area contributed by atoms with Gasteiger partial charge in [0.05, 0.1) is 27.0 Å². The Morgan fingerprint density at radius 2 is 1.56 bits per heavy atom. The van der Waals surface area contributed by atoms with E-state index in [0.717, 1.165) is 0 Å². The van der Waals surface area contributed by atoms with Crippen LogP contribution in [0.2, 0.25) is 0 Å². The molecule has 19 heteroatoms. The first-order chi connectivity index (χ1) is 20.2. The lowest BCUT2D eigenvalue weighted by molar-refractivity contribution is -0.241. The average molecular weight is 656 g/mol. The van der Waals surface area contributed by atoms with Gasteiger partial charge in [-0.3, -0.25) is 18.9 Å². The van der Waals surface area contributed by atoms with Crippen molar-refractivity contribution in [1.29, 1.82) is 0 Å². The van der Waals surface area contributed by atoms with Crippen molar-refractivity contribution in [1.82, 2.24) is 9.55 Å². The number of aliphatic hydroxyl groups excluding tert-OH is 1. The van der Waals surface area contributed by atoms with E-state index in [1.54, 1.807) is 0 Å². The Bertz CT molecular complexity index is 1590. The van der Waals surface area contributed by atoms with Crippen molar-refractivity contribution in [3.05, 3.63) is 81.4 Å². The molecule has 2 aromatic carbocycles. The van der Waals surface area contributed by atoms with Crippen LogP contribution in [0.3, 0.4) is 0 Å². The van der Waals surface area contributed by atoms with Gasteiger partial charge in [-0.15, -0.1) is 0 Å². The fourth-order valence-corrected chi connectivity index (χ4v) is 6.07. The number of methoxy groups -OCH3 is 2. The summed E-state index contributed by atoms with van der Waals surface area (Å²) in [6.45, 7) is -6.75. The van der Waals surface area contributed by atoms with Gasteiger partial charge in [0.2, 0.25) is 11.4 Å². The third kappa shape index (κ3) is 6.52. The lowest BCUT2D eigenvalue weighted by atomic mass is 9.95. The molecule has 0 saturated carbocycles. The molecule has 43 heavy (non-hydrogen) atoms. The fraction of sp³-hybridized carbons (Fsp3) is 0.333.